The van der Waals surface area contributed by atoms with Crippen molar-refractivity contribution in [2.45, 2.75) is 0 Å². The Labute approximate surface area is 331 Å². The standard InChI is InChI=1S/C52H30N4S/c1-3-13-32(14-4-1)48-50-49(37-20-8-10-24-43(37)55(50)35-17-5-2-6-18-35)54-52(53-48)56-42-23-9-7-19-36(42)40-29-33(25-27-44(40)56)34-26-28-45-41(30-34)47-38-21-11-15-31-16-12-22-39(46(31)38)51(47)57-45/h1-30H. The Morgan fingerprint density at radius 1 is 0.439 bits per heavy atom. The van der Waals surface area contributed by atoms with Gasteiger partial charge in [0.2, 0.25) is 5.95 Å². The Morgan fingerprint density at radius 2 is 1.09 bits per heavy atom. The lowest BCUT2D eigenvalue weighted by atomic mass is 9.98. The molecule has 4 heterocycles. The lowest BCUT2D eigenvalue weighted by molar-refractivity contribution is 1.01. The van der Waals surface area contributed by atoms with Gasteiger partial charge in [0.25, 0.3) is 0 Å². The van der Waals surface area contributed by atoms with Crippen LogP contribution in [0.4, 0.5) is 0 Å². The summed E-state index contributed by atoms with van der Waals surface area (Å²) in [4.78, 5) is 12.4. The van der Waals surface area contributed by atoms with Gasteiger partial charge in [0, 0.05) is 53.5 Å². The van der Waals surface area contributed by atoms with Gasteiger partial charge in [-0.3, -0.25) is 4.57 Å². The number of hydrogen-bond donors (Lipinski definition) is 0. The Morgan fingerprint density at radius 3 is 1.89 bits per heavy atom. The second kappa shape index (κ2) is 11.6. The second-order valence-corrected chi connectivity index (χ2v) is 16.0. The van der Waals surface area contributed by atoms with Crippen LogP contribution in [0.5, 0.6) is 0 Å². The molecule has 4 nitrogen and oxygen atoms in total. The van der Waals surface area contributed by atoms with Crippen molar-refractivity contribution < 1.29 is 0 Å². The summed E-state index contributed by atoms with van der Waals surface area (Å²) in [6.07, 6.45) is 0. The van der Waals surface area contributed by atoms with E-state index in [-0.39, 0.29) is 0 Å². The summed E-state index contributed by atoms with van der Waals surface area (Å²) in [7, 11) is 0. The van der Waals surface area contributed by atoms with Crippen molar-refractivity contribution in [2.24, 2.45) is 0 Å². The van der Waals surface area contributed by atoms with Crippen LogP contribution >= 0.6 is 11.3 Å². The molecular formula is C52H30N4S. The lowest BCUT2D eigenvalue weighted by Gasteiger charge is -2.13. The molecule has 264 valence electrons. The predicted octanol–water partition coefficient (Wildman–Crippen LogP) is 14.0. The van der Waals surface area contributed by atoms with E-state index in [0.29, 0.717) is 5.95 Å². The van der Waals surface area contributed by atoms with Crippen LogP contribution in [0.25, 0.3) is 120 Å². The normalized spacial score (nSPS) is 12.2. The molecule has 0 bridgehead atoms. The Kier molecular flexibility index (Phi) is 6.29. The molecule has 0 saturated heterocycles. The minimum Gasteiger partial charge on any atom is -0.306 e. The van der Waals surface area contributed by atoms with Gasteiger partial charge in [0.05, 0.1) is 22.1 Å². The summed E-state index contributed by atoms with van der Waals surface area (Å²) in [6, 6.07) is 65.6. The van der Waals surface area contributed by atoms with Crippen molar-refractivity contribution in [3.8, 4) is 55.6 Å². The molecule has 4 aromatic heterocycles. The zero-order valence-electron chi connectivity index (χ0n) is 30.5. The first-order valence-electron chi connectivity index (χ1n) is 19.3. The van der Waals surface area contributed by atoms with Crippen molar-refractivity contribution in [3.63, 3.8) is 0 Å². The smallest absolute Gasteiger partial charge is 0.235 e. The first-order valence-corrected chi connectivity index (χ1v) is 20.2. The largest absolute Gasteiger partial charge is 0.306 e. The molecule has 0 amide bonds. The Balaban J connectivity index is 1.04. The van der Waals surface area contributed by atoms with Crippen molar-refractivity contribution >= 4 is 75.9 Å². The fourth-order valence-electron chi connectivity index (χ4n) is 9.42. The number of thiophene rings is 1. The van der Waals surface area contributed by atoms with Gasteiger partial charge in [-0.2, -0.15) is 0 Å². The average Bonchev–Trinajstić information content (AvgIpc) is 4.01. The van der Waals surface area contributed by atoms with E-state index in [0.717, 1.165) is 49.9 Å². The fourth-order valence-corrected chi connectivity index (χ4v) is 10.6. The number of hydrogen-bond acceptors (Lipinski definition) is 3. The van der Waals surface area contributed by atoms with E-state index in [1.165, 1.54) is 64.3 Å². The van der Waals surface area contributed by atoms with Crippen LogP contribution in [0.3, 0.4) is 0 Å². The minimum absolute atomic E-state index is 0.653. The van der Waals surface area contributed by atoms with E-state index < -0.39 is 0 Å². The molecule has 8 aromatic carbocycles. The molecule has 5 heteroatoms. The van der Waals surface area contributed by atoms with Gasteiger partial charge in [-0.15, -0.1) is 11.3 Å². The Hall–Kier alpha value is -7.34. The van der Waals surface area contributed by atoms with Gasteiger partial charge < -0.3 is 4.57 Å². The highest BCUT2D eigenvalue weighted by Crippen LogP contribution is 2.54. The van der Waals surface area contributed by atoms with Crippen LogP contribution in [0.1, 0.15) is 0 Å². The maximum atomic E-state index is 5.50. The minimum atomic E-state index is 0.653. The highest BCUT2D eigenvalue weighted by Gasteiger charge is 2.27. The molecule has 57 heavy (non-hydrogen) atoms. The summed E-state index contributed by atoms with van der Waals surface area (Å²) in [6.45, 7) is 0. The molecule has 12 aromatic rings. The number of aromatic nitrogens is 4. The summed E-state index contributed by atoms with van der Waals surface area (Å²) in [5.41, 5.74) is 14.7. The number of benzene rings is 8. The molecule has 0 radical (unpaired) electrons. The molecular weight excluding hydrogens is 713 g/mol. The molecule has 0 spiro atoms. The lowest BCUT2D eigenvalue weighted by Crippen LogP contribution is -2.04. The van der Waals surface area contributed by atoms with Gasteiger partial charge in [-0.25, -0.2) is 9.97 Å². The predicted molar refractivity (Wildman–Crippen MR) is 239 cm³/mol. The second-order valence-electron chi connectivity index (χ2n) is 14.9. The van der Waals surface area contributed by atoms with Gasteiger partial charge in [0.15, 0.2) is 0 Å². The molecule has 0 fully saturated rings. The molecule has 13 rings (SSSR count). The monoisotopic (exact) mass is 742 g/mol. The van der Waals surface area contributed by atoms with Crippen molar-refractivity contribution in [1.82, 2.24) is 19.1 Å². The highest BCUT2D eigenvalue weighted by atomic mass is 32.1. The quantitative estimate of drug-likeness (QED) is 0.180. The number of rotatable bonds is 4. The topological polar surface area (TPSA) is 35.6 Å². The molecule has 1 aliphatic carbocycles. The Bertz CT molecular complexity index is 3620. The first-order chi connectivity index (χ1) is 28.3. The summed E-state index contributed by atoms with van der Waals surface area (Å²) < 4.78 is 5.89. The van der Waals surface area contributed by atoms with Crippen molar-refractivity contribution in [3.05, 3.63) is 182 Å². The SMILES string of the molecule is c1ccc(-c2nc(-n3c4ccccc4c4cc(-c5ccc6sc7c(c6c5)-c5cccc6cccc-7c56)ccc43)nc3c4ccccc4n(-c4ccccc4)c23)cc1. The van der Waals surface area contributed by atoms with Crippen LogP contribution in [-0.2, 0) is 0 Å². The first kappa shape index (κ1) is 30.9. The van der Waals surface area contributed by atoms with Gasteiger partial charge >= 0.3 is 0 Å². The molecule has 0 saturated carbocycles. The maximum Gasteiger partial charge on any atom is 0.235 e. The number of para-hydroxylation sites is 3. The van der Waals surface area contributed by atoms with Gasteiger partial charge in [0.1, 0.15) is 11.2 Å². The van der Waals surface area contributed by atoms with E-state index >= 15 is 0 Å². The molecule has 1 aliphatic rings. The summed E-state index contributed by atoms with van der Waals surface area (Å²) in [5.74, 6) is 0.653. The number of nitrogens with zero attached hydrogens (tertiary/aromatic N) is 4. The van der Waals surface area contributed by atoms with E-state index in [4.69, 9.17) is 9.97 Å². The van der Waals surface area contributed by atoms with E-state index in [2.05, 4.69) is 191 Å². The van der Waals surface area contributed by atoms with Crippen molar-refractivity contribution in [1.29, 1.82) is 0 Å². The van der Waals surface area contributed by atoms with Crippen LogP contribution in [0.2, 0.25) is 0 Å². The van der Waals surface area contributed by atoms with E-state index in [1.807, 2.05) is 11.3 Å². The zero-order valence-corrected chi connectivity index (χ0v) is 31.3. The molecule has 0 N–H and O–H groups in total. The molecule has 0 aliphatic heterocycles. The van der Waals surface area contributed by atoms with E-state index in [1.54, 1.807) is 0 Å². The van der Waals surface area contributed by atoms with Crippen LogP contribution in [0, 0.1) is 0 Å². The average molecular weight is 743 g/mol. The van der Waals surface area contributed by atoms with Gasteiger partial charge in [-0.05, 0) is 76.0 Å². The third-order valence-electron chi connectivity index (χ3n) is 11.9. The van der Waals surface area contributed by atoms with Gasteiger partial charge in [-0.1, -0.05) is 133 Å². The zero-order chi connectivity index (χ0) is 37.2. The van der Waals surface area contributed by atoms with Crippen LogP contribution < -0.4 is 0 Å². The summed E-state index contributed by atoms with van der Waals surface area (Å²) >= 11 is 1.91. The van der Waals surface area contributed by atoms with Crippen molar-refractivity contribution in [2.75, 3.05) is 0 Å². The fraction of sp³-hybridized carbons (Fsp3) is 0. The van der Waals surface area contributed by atoms with Crippen LogP contribution in [-0.4, -0.2) is 19.1 Å². The molecule has 0 unspecified atom stereocenters. The van der Waals surface area contributed by atoms with Crippen LogP contribution in [0.15, 0.2) is 182 Å². The maximum absolute atomic E-state index is 5.50. The van der Waals surface area contributed by atoms with E-state index in [9.17, 15) is 0 Å². The summed E-state index contributed by atoms with van der Waals surface area (Å²) in [5, 5.41) is 7.44. The third-order valence-corrected chi connectivity index (χ3v) is 13.1. The number of fused-ring (bicyclic) bond motifs is 11. The third kappa shape index (κ3) is 4.32. The highest BCUT2D eigenvalue weighted by molar-refractivity contribution is 7.23. The molecule has 0 atom stereocenters.